The molecule has 1 fully saturated rings. The second kappa shape index (κ2) is 4.78. The number of nitrogens with one attached hydrogen (secondary N) is 1. The van der Waals surface area contributed by atoms with Crippen molar-refractivity contribution in [2.24, 2.45) is 0 Å². The number of rotatable bonds is 5. The fraction of sp³-hybridized carbons (Fsp3) is 0.769. The van der Waals surface area contributed by atoms with E-state index in [-0.39, 0.29) is 0 Å². The lowest BCUT2D eigenvalue weighted by atomic mass is 10.2. The van der Waals surface area contributed by atoms with E-state index in [2.05, 4.69) is 32.9 Å². The molecule has 2 aliphatic rings. The van der Waals surface area contributed by atoms with Crippen molar-refractivity contribution in [3.63, 3.8) is 0 Å². The van der Waals surface area contributed by atoms with E-state index in [4.69, 9.17) is 0 Å². The van der Waals surface area contributed by atoms with Crippen LogP contribution in [0.1, 0.15) is 32.0 Å². The number of hydrogen-bond donors (Lipinski definition) is 1. The van der Waals surface area contributed by atoms with E-state index in [0.717, 1.165) is 32.2 Å². The summed E-state index contributed by atoms with van der Waals surface area (Å²) in [6.45, 7) is 6.77. The summed E-state index contributed by atoms with van der Waals surface area (Å²) in [4.78, 5) is 6.97. The molecule has 4 heteroatoms. The smallest absolute Gasteiger partial charge is 0.122 e. The fourth-order valence-electron chi connectivity index (χ4n) is 2.53. The quantitative estimate of drug-likeness (QED) is 0.832. The van der Waals surface area contributed by atoms with Crippen LogP contribution in [0.4, 0.5) is 0 Å². The normalized spacial score (nSPS) is 22.4. The maximum Gasteiger partial charge on any atom is 0.122 e. The highest BCUT2D eigenvalue weighted by atomic mass is 15.2. The SMILES string of the molecule is CC(CCNC1CC1)N1CCn2ccnc2C1. The van der Waals surface area contributed by atoms with Gasteiger partial charge >= 0.3 is 0 Å². The van der Waals surface area contributed by atoms with Crippen LogP contribution in [-0.2, 0) is 13.1 Å². The van der Waals surface area contributed by atoms with E-state index in [1.54, 1.807) is 0 Å². The molecule has 1 unspecified atom stereocenters. The average molecular weight is 234 g/mol. The lowest BCUT2D eigenvalue weighted by Crippen LogP contribution is -2.41. The number of fused-ring (bicyclic) bond motifs is 1. The Labute approximate surface area is 103 Å². The van der Waals surface area contributed by atoms with Crippen molar-refractivity contribution in [1.82, 2.24) is 19.8 Å². The summed E-state index contributed by atoms with van der Waals surface area (Å²) in [6.07, 6.45) is 8.02. The lowest BCUT2D eigenvalue weighted by molar-refractivity contribution is 0.155. The van der Waals surface area contributed by atoms with Gasteiger partial charge in [0, 0.05) is 37.6 Å². The van der Waals surface area contributed by atoms with Gasteiger partial charge < -0.3 is 9.88 Å². The minimum absolute atomic E-state index is 0.659. The molecule has 4 nitrogen and oxygen atoms in total. The molecular formula is C13H22N4. The molecule has 1 aliphatic carbocycles. The molecule has 1 N–H and O–H groups in total. The molecule has 1 aliphatic heterocycles. The molecule has 17 heavy (non-hydrogen) atoms. The molecule has 0 radical (unpaired) electrons. The van der Waals surface area contributed by atoms with Crippen LogP contribution < -0.4 is 5.32 Å². The van der Waals surface area contributed by atoms with E-state index in [1.165, 1.54) is 25.1 Å². The third-order valence-corrected chi connectivity index (χ3v) is 3.97. The van der Waals surface area contributed by atoms with E-state index < -0.39 is 0 Å². The molecule has 1 saturated carbocycles. The van der Waals surface area contributed by atoms with Crippen LogP contribution in [-0.4, -0.2) is 39.6 Å². The van der Waals surface area contributed by atoms with Crippen LogP contribution >= 0.6 is 0 Å². The summed E-state index contributed by atoms with van der Waals surface area (Å²) in [6, 6.07) is 1.49. The third-order valence-electron chi connectivity index (χ3n) is 3.97. The molecule has 0 amide bonds. The highest BCUT2D eigenvalue weighted by Gasteiger charge is 2.23. The fourth-order valence-corrected chi connectivity index (χ4v) is 2.53. The second-order valence-electron chi connectivity index (χ2n) is 5.37. The van der Waals surface area contributed by atoms with Gasteiger partial charge in [-0.25, -0.2) is 4.98 Å². The topological polar surface area (TPSA) is 33.1 Å². The summed E-state index contributed by atoms with van der Waals surface area (Å²) < 4.78 is 2.27. The van der Waals surface area contributed by atoms with Crippen molar-refractivity contribution in [3.8, 4) is 0 Å². The third kappa shape index (κ3) is 2.69. The number of aromatic nitrogens is 2. The molecule has 0 bridgehead atoms. The molecule has 2 heterocycles. The first-order chi connectivity index (χ1) is 8.33. The Morgan fingerprint density at radius 3 is 3.18 bits per heavy atom. The van der Waals surface area contributed by atoms with Gasteiger partial charge in [0.2, 0.25) is 0 Å². The molecule has 1 aromatic rings. The van der Waals surface area contributed by atoms with Gasteiger partial charge in [-0.15, -0.1) is 0 Å². The van der Waals surface area contributed by atoms with E-state index in [0.29, 0.717) is 6.04 Å². The van der Waals surface area contributed by atoms with Crippen molar-refractivity contribution < 1.29 is 0 Å². The van der Waals surface area contributed by atoms with E-state index in [1.807, 2.05) is 6.20 Å². The predicted molar refractivity (Wildman–Crippen MR) is 67.7 cm³/mol. The first kappa shape index (κ1) is 11.2. The Kier molecular flexibility index (Phi) is 3.16. The van der Waals surface area contributed by atoms with Gasteiger partial charge in [0.05, 0.1) is 6.54 Å². The highest BCUT2D eigenvalue weighted by molar-refractivity contribution is 4.96. The highest BCUT2D eigenvalue weighted by Crippen LogP contribution is 2.19. The summed E-state index contributed by atoms with van der Waals surface area (Å²) in [5.41, 5.74) is 0. The Bertz CT molecular complexity index is 369. The zero-order valence-corrected chi connectivity index (χ0v) is 10.6. The summed E-state index contributed by atoms with van der Waals surface area (Å²) in [5, 5.41) is 3.59. The van der Waals surface area contributed by atoms with Crippen LogP contribution in [0.5, 0.6) is 0 Å². The van der Waals surface area contributed by atoms with Crippen LogP contribution in [0.25, 0.3) is 0 Å². The first-order valence-corrected chi connectivity index (χ1v) is 6.80. The maximum atomic E-state index is 4.41. The Balaban J connectivity index is 1.47. The molecule has 1 aromatic heterocycles. The Morgan fingerprint density at radius 2 is 2.35 bits per heavy atom. The molecule has 0 saturated heterocycles. The second-order valence-corrected chi connectivity index (χ2v) is 5.37. The van der Waals surface area contributed by atoms with E-state index >= 15 is 0 Å². The van der Waals surface area contributed by atoms with Gasteiger partial charge in [-0.1, -0.05) is 0 Å². The molecule has 1 atom stereocenters. The number of nitrogens with zero attached hydrogens (tertiary/aromatic N) is 3. The van der Waals surface area contributed by atoms with Crippen molar-refractivity contribution in [2.75, 3.05) is 13.1 Å². The van der Waals surface area contributed by atoms with Gasteiger partial charge in [-0.2, -0.15) is 0 Å². The van der Waals surface area contributed by atoms with Crippen LogP contribution in [0, 0.1) is 0 Å². The summed E-state index contributed by atoms with van der Waals surface area (Å²) >= 11 is 0. The minimum atomic E-state index is 0.659. The van der Waals surface area contributed by atoms with E-state index in [9.17, 15) is 0 Å². The van der Waals surface area contributed by atoms with Crippen molar-refractivity contribution >= 4 is 0 Å². The minimum Gasteiger partial charge on any atom is -0.333 e. The lowest BCUT2D eigenvalue weighted by Gasteiger charge is -2.32. The molecular weight excluding hydrogens is 212 g/mol. The van der Waals surface area contributed by atoms with Crippen LogP contribution in [0.15, 0.2) is 12.4 Å². The van der Waals surface area contributed by atoms with Crippen molar-refractivity contribution in [2.45, 2.75) is 51.4 Å². The Morgan fingerprint density at radius 1 is 1.47 bits per heavy atom. The van der Waals surface area contributed by atoms with Crippen molar-refractivity contribution in [1.29, 1.82) is 0 Å². The monoisotopic (exact) mass is 234 g/mol. The molecule has 0 spiro atoms. The Hall–Kier alpha value is -0.870. The molecule has 0 aromatic carbocycles. The average Bonchev–Trinajstić information content (AvgIpc) is 3.04. The number of imidazole rings is 1. The molecule has 94 valence electrons. The largest absolute Gasteiger partial charge is 0.333 e. The van der Waals surface area contributed by atoms with Gasteiger partial charge in [-0.05, 0) is 32.7 Å². The predicted octanol–water partition coefficient (Wildman–Crippen LogP) is 1.23. The zero-order valence-electron chi connectivity index (χ0n) is 10.6. The summed E-state index contributed by atoms with van der Waals surface area (Å²) in [5.74, 6) is 1.22. The maximum absolute atomic E-state index is 4.41. The van der Waals surface area contributed by atoms with Crippen molar-refractivity contribution in [3.05, 3.63) is 18.2 Å². The standard InChI is InChI=1S/C13H22N4/c1-11(4-5-14-12-2-3-12)17-9-8-16-7-6-15-13(16)10-17/h6-7,11-12,14H,2-5,8-10H2,1H3. The zero-order chi connectivity index (χ0) is 11.7. The van der Waals surface area contributed by atoms with Gasteiger partial charge in [0.1, 0.15) is 5.82 Å². The van der Waals surface area contributed by atoms with Gasteiger partial charge in [0.25, 0.3) is 0 Å². The van der Waals surface area contributed by atoms with Crippen LogP contribution in [0.2, 0.25) is 0 Å². The number of hydrogen-bond acceptors (Lipinski definition) is 3. The van der Waals surface area contributed by atoms with Gasteiger partial charge in [-0.3, -0.25) is 4.90 Å². The van der Waals surface area contributed by atoms with Gasteiger partial charge in [0.15, 0.2) is 0 Å². The molecule has 3 rings (SSSR count). The first-order valence-electron chi connectivity index (χ1n) is 6.80. The van der Waals surface area contributed by atoms with Crippen LogP contribution in [0.3, 0.4) is 0 Å². The summed E-state index contributed by atoms with van der Waals surface area (Å²) in [7, 11) is 0.